The summed E-state index contributed by atoms with van der Waals surface area (Å²) in [7, 11) is 1.74. The molecule has 70 valence electrons. The maximum atomic E-state index is 8.93. The van der Waals surface area contributed by atoms with Crippen LogP contribution in [0.5, 0.6) is 0 Å². The van der Waals surface area contributed by atoms with Crippen molar-refractivity contribution in [3.63, 3.8) is 0 Å². The molecular weight excluding hydrogens is 154 g/mol. The molecule has 1 aliphatic heterocycles. The third-order valence-corrected chi connectivity index (χ3v) is 3.27. The Morgan fingerprint density at radius 3 is 2.58 bits per heavy atom. The van der Waals surface area contributed by atoms with E-state index in [9.17, 15) is 0 Å². The molecule has 0 radical (unpaired) electrons. The summed E-state index contributed by atoms with van der Waals surface area (Å²) in [6.45, 7) is 4.65. The van der Waals surface area contributed by atoms with Crippen molar-refractivity contribution in [1.82, 2.24) is 4.90 Å². The van der Waals surface area contributed by atoms with Crippen LogP contribution < -0.4 is 0 Å². The Bertz CT molecular complexity index is 151. The molecule has 2 rings (SSSR count). The van der Waals surface area contributed by atoms with Crippen LogP contribution in [-0.4, -0.2) is 50.0 Å². The van der Waals surface area contributed by atoms with E-state index in [2.05, 4.69) is 4.90 Å². The Kier molecular flexibility index (Phi) is 2.35. The monoisotopic (exact) mass is 171 g/mol. The van der Waals surface area contributed by atoms with Gasteiger partial charge >= 0.3 is 0 Å². The van der Waals surface area contributed by atoms with Gasteiger partial charge in [-0.25, -0.2) is 0 Å². The number of hydrogen-bond acceptors (Lipinski definition) is 3. The third kappa shape index (κ3) is 1.37. The number of ether oxygens (including phenoxy) is 1. The van der Waals surface area contributed by atoms with E-state index < -0.39 is 0 Å². The zero-order valence-corrected chi connectivity index (χ0v) is 7.57. The summed E-state index contributed by atoms with van der Waals surface area (Å²) in [5.41, 5.74) is 0. The minimum absolute atomic E-state index is 0.396. The number of nitrogens with zero attached hydrogens (tertiary/aromatic N) is 1. The van der Waals surface area contributed by atoms with Gasteiger partial charge in [-0.05, 0) is 17.8 Å². The average Bonchev–Trinajstić information content (AvgIpc) is 2.56. The summed E-state index contributed by atoms with van der Waals surface area (Å²) in [6.07, 6.45) is 0. The molecule has 2 atom stereocenters. The second kappa shape index (κ2) is 3.32. The second-order valence-electron chi connectivity index (χ2n) is 3.93. The fourth-order valence-electron chi connectivity index (χ4n) is 2.41. The Hall–Kier alpha value is -0.120. The first-order chi connectivity index (χ1) is 5.86. The van der Waals surface area contributed by atoms with E-state index in [1.807, 2.05) is 0 Å². The number of piperidine rings is 1. The molecule has 0 aromatic carbocycles. The van der Waals surface area contributed by atoms with Crippen molar-refractivity contribution in [2.24, 2.45) is 17.8 Å². The number of fused-ring (bicyclic) bond motifs is 1. The van der Waals surface area contributed by atoms with Gasteiger partial charge in [0, 0.05) is 33.4 Å². The summed E-state index contributed by atoms with van der Waals surface area (Å²) in [5.74, 6) is 2.22. The van der Waals surface area contributed by atoms with E-state index in [4.69, 9.17) is 9.84 Å². The predicted octanol–water partition coefficient (Wildman–Crippen LogP) is -0.197. The smallest absolute Gasteiger partial charge is 0.0589 e. The highest BCUT2D eigenvalue weighted by molar-refractivity contribution is 5.04. The molecule has 1 saturated heterocycles. The molecule has 0 aromatic heterocycles. The number of likely N-dealkylation sites (tertiary alicyclic amines) is 1. The standard InChI is InChI=1S/C9H17NO2/c1-12-3-2-10-4-7-8(5-10)9(7)6-11/h7-9,11H,2-6H2,1H3. The topological polar surface area (TPSA) is 32.7 Å². The van der Waals surface area contributed by atoms with Gasteiger partial charge in [-0.2, -0.15) is 0 Å². The van der Waals surface area contributed by atoms with Crippen LogP contribution in [0.1, 0.15) is 0 Å². The number of hydrogen-bond donors (Lipinski definition) is 1. The first-order valence-corrected chi connectivity index (χ1v) is 4.69. The highest BCUT2D eigenvalue weighted by Crippen LogP contribution is 2.50. The number of rotatable bonds is 4. The maximum absolute atomic E-state index is 8.93. The molecule has 2 aliphatic rings. The number of aliphatic hydroxyl groups is 1. The van der Waals surface area contributed by atoms with Gasteiger partial charge in [0.2, 0.25) is 0 Å². The van der Waals surface area contributed by atoms with Crippen molar-refractivity contribution in [1.29, 1.82) is 0 Å². The lowest BCUT2D eigenvalue weighted by Crippen LogP contribution is -2.28. The normalized spacial score (nSPS) is 40.0. The fraction of sp³-hybridized carbons (Fsp3) is 1.00. The Labute approximate surface area is 73.3 Å². The van der Waals surface area contributed by atoms with Crippen LogP contribution in [0.3, 0.4) is 0 Å². The first-order valence-electron chi connectivity index (χ1n) is 4.69. The lowest BCUT2D eigenvalue weighted by molar-refractivity contribution is 0.146. The van der Waals surface area contributed by atoms with E-state index in [1.165, 1.54) is 13.1 Å². The van der Waals surface area contributed by atoms with Crippen LogP contribution in [0.2, 0.25) is 0 Å². The molecule has 0 bridgehead atoms. The van der Waals surface area contributed by atoms with Crippen LogP contribution in [0, 0.1) is 17.8 Å². The van der Waals surface area contributed by atoms with Crippen LogP contribution in [0.25, 0.3) is 0 Å². The molecule has 2 unspecified atom stereocenters. The van der Waals surface area contributed by atoms with Crippen molar-refractivity contribution < 1.29 is 9.84 Å². The molecule has 0 aromatic rings. The van der Waals surface area contributed by atoms with Gasteiger partial charge in [0.05, 0.1) is 6.61 Å². The average molecular weight is 171 g/mol. The van der Waals surface area contributed by atoms with Gasteiger partial charge in [-0.1, -0.05) is 0 Å². The Morgan fingerprint density at radius 1 is 1.42 bits per heavy atom. The molecule has 1 heterocycles. The lowest BCUT2D eigenvalue weighted by atomic mass is 10.3. The van der Waals surface area contributed by atoms with Crippen molar-refractivity contribution in [3.05, 3.63) is 0 Å². The van der Waals surface area contributed by atoms with Gasteiger partial charge < -0.3 is 14.7 Å². The van der Waals surface area contributed by atoms with E-state index in [1.54, 1.807) is 7.11 Å². The molecule has 3 nitrogen and oxygen atoms in total. The summed E-state index contributed by atoms with van der Waals surface area (Å²) in [5, 5.41) is 8.93. The van der Waals surface area contributed by atoms with Gasteiger partial charge in [-0.3, -0.25) is 0 Å². The molecule has 1 saturated carbocycles. The van der Waals surface area contributed by atoms with Crippen LogP contribution in [0.4, 0.5) is 0 Å². The van der Waals surface area contributed by atoms with Crippen LogP contribution in [-0.2, 0) is 4.74 Å². The van der Waals surface area contributed by atoms with Crippen LogP contribution >= 0.6 is 0 Å². The molecule has 12 heavy (non-hydrogen) atoms. The van der Waals surface area contributed by atoms with E-state index >= 15 is 0 Å². The van der Waals surface area contributed by atoms with Gasteiger partial charge in [-0.15, -0.1) is 0 Å². The molecule has 2 fully saturated rings. The minimum atomic E-state index is 0.396. The quantitative estimate of drug-likeness (QED) is 0.636. The SMILES string of the molecule is COCCN1CC2C(CO)C2C1. The highest BCUT2D eigenvalue weighted by atomic mass is 16.5. The van der Waals surface area contributed by atoms with Gasteiger partial charge in [0.1, 0.15) is 0 Å². The molecule has 0 spiro atoms. The zero-order chi connectivity index (χ0) is 8.55. The second-order valence-corrected chi connectivity index (χ2v) is 3.93. The van der Waals surface area contributed by atoms with Crippen molar-refractivity contribution in [3.8, 4) is 0 Å². The summed E-state index contributed by atoms with van der Waals surface area (Å²) in [6, 6.07) is 0. The Morgan fingerprint density at radius 2 is 2.08 bits per heavy atom. The molecular formula is C9H17NO2. The summed E-state index contributed by atoms with van der Waals surface area (Å²) >= 11 is 0. The summed E-state index contributed by atoms with van der Waals surface area (Å²) in [4.78, 5) is 2.44. The predicted molar refractivity (Wildman–Crippen MR) is 45.9 cm³/mol. The molecule has 0 amide bonds. The van der Waals surface area contributed by atoms with Gasteiger partial charge in [0.25, 0.3) is 0 Å². The maximum Gasteiger partial charge on any atom is 0.0589 e. The lowest BCUT2D eigenvalue weighted by Gasteiger charge is -2.17. The van der Waals surface area contributed by atoms with E-state index in [-0.39, 0.29) is 0 Å². The summed E-state index contributed by atoms with van der Waals surface area (Å²) < 4.78 is 5.02. The molecule has 1 aliphatic carbocycles. The molecule has 3 heteroatoms. The first kappa shape index (κ1) is 8.48. The third-order valence-electron chi connectivity index (χ3n) is 3.27. The minimum Gasteiger partial charge on any atom is -0.396 e. The fourth-order valence-corrected chi connectivity index (χ4v) is 2.41. The Balaban J connectivity index is 1.68. The van der Waals surface area contributed by atoms with Crippen molar-refractivity contribution >= 4 is 0 Å². The van der Waals surface area contributed by atoms with Crippen molar-refractivity contribution in [2.75, 3.05) is 40.0 Å². The van der Waals surface area contributed by atoms with E-state index in [0.29, 0.717) is 12.5 Å². The van der Waals surface area contributed by atoms with Crippen molar-refractivity contribution in [2.45, 2.75) is 0 Å². The molecule has 1 N–H and O–H groups in total. The largest absolute Gasteiger partial charge is 0.396 e. The zero-order valence-electron chi connectivity index (χ0n) is 7.57. The number of methoxy groups -OCH3 is 1. The highest BCUT2D eigenvalue weighted by Gasteiger charge is 2.54. The number of aliphatic hydroxyl groups excluding tert-OH is 1. The van der Waals surface area contributed by atoms with Gasteiger partial charge in [0.15, 0.2) is 0 Å². The van der Waals surface area contributed by atoms with E-state index in [0.717, 1.165) is 25.0 Å². The van der Waals surface area contributed by atoms with Crippen LogP contribution in [0.15, 0.2) is 0 Å².